The number of hydrogen-bond acceptors (Lipinski definition) is 3. The van der Waals surface area contributed by atoms with E-state index in [1.54, 1.807) is 30.3 Å². The Kier molecular flexibility index (Phi) is 3.78. The van der Waals surface area contributed by atoms with Gasteiger partial charge in [0.05, 0.1) is 6.54 Å². The molecule has 1 aliphatic rings. The second-order valence-electron chi connectivity index (χ2n) is 5.18. The molecule has 0 aromatic heterocycles. The van der Waals surface area contributed by atoms with Crippen LogP contribution in [0.2, 0.25) is 0 Å². The summed E-state index contributed by atoms with van der Waals surface area (Å²) in [7, 11) is 0. The van der Waals surface area contributed by atoms with Crippen molar-refractivity contribution in [3.05, 3.63) is 59.2 Å². The predicted molar refractivity (Wildman–Crippen MR) is 86.1 cm³/mol. The Hall–Kier alpha value is -3.19. The summed E-state index contributed by atoms with van der Waals surface area (Å²) in [6.07, 6.45) is 0. The molecule has 112 valence electrons. The molecule has 0 unspecified atom stereocenters. The quantitative estimate of drug-likeness (QED) is 0.649. The van der Waals surface area contributed by atoms with E-state index >= 15 is 0 Å². The molecule has 0 spiro atoms. The molecular weight excluding hydrogens is 290 g/mol. The smallest absolute Gasteiger partial charge is 0.234 e. The van der Waals surface area contributed by atoms with E-state index in [1.165, 1.54) is 6.92 Å². The van der Waals surface area contributed by atoms with E-state index in [1.807, 2.05) is 12.1 Å². The molecular formula is C19H13NO3. The third-order valence-electron chi connectivity index (χ3n) is 3.59. The summed E-state index contributed by atoms with van der Waals surface area (Å²) in [6, 6.07) is 12.2. The average Bonchev–Trinajstić information content (AvgIpc) is 2.56. The van der Waals surface area contributed by atoms with Crippen LogP contribution in [0.15, 0.2) is 42.5 Å². The van der Waals surface area contributed by atoms with Gasteiger partial charge in [-0.05, 0) is 29.3 Å². The number of ketones is 2. The molecule has 0 saturated heterocycles. The lowest BCUT2D eigenvalue weighted by Gasteiger charge is -2.17. The number of carbonyl (C=O) groups is 3. The lowest BCUT2D eigenvalue weighted by Crippen LogP contribution is -2.21. The Labute approximate surface area is 133 Å². The highest BCUT2D eigenvalue weighted by Gasteiger charge is 2.29. The summed E-state index contributed by atoms with van der Waals surface area (Å²) in [6.45, 7) is 1.69. The Morgan fingerprint density at radius 3 is 2.30 bits per heavy atom. The van der Waals surface area contributed by atoms with Gasteiger partial charge in [-0.3, -0.25) is 14.4 Å². The first-order valence-corrected chi connectivity index (χ1v) is 7.13. The van der Waals surface area contributed by atoms with Gasteiger partial charge in [-0.1, -0.05) is 36.1 Å². The summed E-state index contributed by atoms with van der Waals surface area (Å²) in [4.78, 5) is 35.1. The standard InChI is InChI=1S/C19H13NO3/c1-12(21)20-10-4-5-13-8-9-16-17(11-13)14-6-2-3-7-15(14)18(22)19(16)23/h2-3,6-9,11H,10H2,1H3,(H,20,21). The molecule has 23 heavy (non-hydrogen) atoms. The molecule has 0 bridgehead atoms. The van der Waals surface area contributed by atoms with Crippen molar-refractivity contribution in [2.75, 3.05) is 6.54 Å². The SMILES string of the molecule is CC(=O)NCC#Cc1ccc2c(c1)-c1ccccc1C(=O)C2=O. The molecule has 4 heteroatoms. The number of nitrogens with one attached hydrogen (secondary N) is 1. The number of carbonyl (C=O) groups excluding carboxylic acids is 3. The maximum atomic E-state index is 12.2. The third kappa shape index (κ3) is 2.77. The third-order valence-corrected chi connectivity index (χ3v) is 3.59. The first kappa shape index (κ1) is 14.7. The first-order valence-electron chi connectivity index (χ1n) is 7.13. The van der Waals surface area contributed by atoms with Crippen molar-refractivity contribution in [3.63, 3.8) is 0 Å². The molecule has 0 heterocycles. The minimum Gasteiger partial charge on any atom is -0.345 e. The fourth-order valence-corrected chi connectivity index (χ4v) is 2.52. The molecule has 0 saturated carbocycles. The van der Waals surface area contributed by atoms with Crippen LogP contribution < -0.4 is 5.32 Å². The first-order chi connectivity index (χ1) is 11.1. The highest BCUT2D eigenvalue weighted by molar-refractivity contribution is 6.53. The van der Waals surface area contributed by atoms with Crippen LogP contribution in [0.5, 0.6) is 0 Å². The fourth-order valence-electron chi connectivity index (χ4n) is 2.52. The zero-order valence-electron chi connectivity index (χ0n) is 12.5. The van der Waals surface area contributed by atoms with Gasteiger partial charge in [0.1, 0.15) is 0 Å². The van der Waals surface area contributed by atoms with Gasteiger partial charge in [0.25, 0.3) is 0 Å². The van der Waals surface area contributed by atoms with Crippen molar-refractivity contribution in [3.8, 4) is 23.0 Å². The van der Waals surface area contributed by atoms with Gasteiger partial charge in [0.15, 0.2) is 0 Å². The van der Waals surface area contributed by atoms with Gasteiger partial charge >= 0.3 is 0 Å². The fraction of sp³-hybridized carbons (Fsp3) is 0.105. The van der Waals surface area contributed by atoms with Crippen molar-refractivity contribution in [2.24, 2.45) is 0 Å². The van der Waals surface area contributed by atoms with E-state index in [0.717, 1.165) is 16.7 Å². The number of fused-ring (bicyclic) bond motifs is 3. The van der Waals surface area contributed by atoms with Gasteiger partial charge in [-0.25, -0.2) is 0 Å². The lowest BCUT2D eigenvalue weighted by molar-refractivity contribution is -0.118. The molecule has 0 aliphatic heterocycles. The lowest BCUT2D eigenvalue weighted by atomic mass is 9.83. The van der Waals surface area contributed by atoms with Crippen molar-refractivity contribution in [1.82, 2.24) is 5.32 Å². The zero-order valence-corrected chi connectivity index (χ0v) is 12.5. The summed E-state index contributed by atoms with van der Waals surface area (Å²) < 4.78 is 0. The average molecular weight is 303 g/mol. The van der Waals surface area contributed by atoms with Crippen LogP contribution >= 0.6 is 0 Å². The summed E-state index contributed by atoms with van der Waals surface area (Å²) in [5.74, 6) is 4.70. The van der Waals surface area contributed by atoms with Crippen LogP contribution in [0.1, 0.15) is 33.2 Å². The van der Waals surface area contributed by atoms with E-state index < -0.39 is 11.6 Å². The summed E-state index contributed by atoms with van der Waals surface area (Å²) in [5, 5.41) is 2.60. The molecule has 2 aromatic carbocycles. The predicted octanol–water partition coefficient (Wildman–Crippen LogP) is 2.22. The van der Waals surface area contributed by atoms with Crippen LogP contribution in [0.4, 0.5) is 0 Å². The Bertz CT molecular complexity index is 900. The van der Waals surface area contributed by atoms with Gasteiger partial charge in [0.2, 0.25) is 17.5 Å². The van der Waals surface area contributed by atoms with E-state index in [-0.39, 0.29) is 12.5 Å². The molecule has 3 rings (SSSR count). The normalized spacial score (nSPS) is 11.9. The Balaban J connectivity index is 2.02. The Morgan fingerprint density at radius 2 is 1.61 bits per heavy atom. The number of hydrogen-bond donors (Lipinski definition) is 1. The molecule has 0 radical (unpaired) electrons. The van der Waals surface area contributed by atoms with Crippen LogP contribution in [-0.2, 0) is 4.79 Å². The second-order valence-corrected chi connectivity index (χ2v) is 5.18. The van der Waals surface area contributed by atoms with Gasteiger partial charge in [-0.2, -0.15) is 0 Å². The van der Waals surface area contributed by atoms with Gasteiger partial charge in [-0.15, -0.1) is 0 Å². The molecule has 0 fully saturated rings. The largest absolute Gasteiger partial charge is 0.345 e. The van der Waals surface area contributed by atoms with E-state index in [4.69, 9.17) is 0 Å². The maximum absolute atomic E-state index is 12.2. The van der Waals surface area contributed by atoms with E-state index in [0.29, 0.717) is 11.1 Å². The van der Waals surface area contributed by atoms with Crippen molar-refractivity contribution < 1.29 is 14.4 Å². The molecule has 4 nitrogen and oxygen atoms in total. The molecule has 1 N–H and O–H groups in total. The van der Waals surface area contributed by atoms with Crippen LogP contribution in [-0.4, -0.2) is 24.0 Å². The highest BCUT2D eigenvalue weighted by atomic mass is 16.2. The van der Waals surface area contributed by atoms with Crippen molar-refractivity contribution >= 4 is 17.5 Å². The second kappa shape index (κ2) is 5.90. The van der Waals surface area contributed by atoms with Crippen LogP contribution in [0, 0.1) is 11.8 Å². The molecule has 1 amide bonds. The number of benzene rings is 2. The van der Waals surface area contributed by atoms with Crippen LogP contribution in [0.25, 0.3) is 11.1 Å². The van der Waals surface area contributed by atoms with Gasteiger partial charge in [0, 0.05) is 23.6 Å². The highest BCUT2D eigenvalue weighted by Crippen LogP contribution is 2.33. The zero-order chi connectivity index (χ0) is 16.4. The Morgan fingerprint density at radius 1 is 0.957 bits per heavy atom. The summed E-state index contributed by atoms with van der Waals surface area (Å²) in [5.41, 5.74) is 3.02. The van der Waals surface area contributed by atoms with E-state index in [9.17, 15) is 14.4 Å². The minimum atomic E-state index is -0.489. The number of Topliss-reactive ketones (excluding diaryl/α,β-unsaturated/α-hetero) is 2. The summed E-state index contributed by atoms with van der Waals surface area (Å²) >= 11 is 0. The number of rotatable bonds is 1. The maximum Gasteiger partial charge on any atom is 0.234 e. The van der Waals surface area contributed by atoms with Gasteiger partial charge < -0.3 is 5.32 Å². The molecule has 0 atom stereocenters. The molecule has 1 aliphatic carbocycles. The van der Waals surface area contributed by atoms with Crippen molar-refractivity contribution in [1.29, 1.82) is 0 Å². The minimum absolute atomic E-state index is 0.136. The van der Waals surface area contributed by atoms with Crippen molar-refractivity contribution in [2.45, 2.75) is 6.92 Å². The monoisotopic (exact) mass is 303 g/mol. The molecule has 2 aromatic rings. The topological polar surface area (TPSA) is 63.2 Å². The number of amides is 1. The van der Waals surface area contributed by atoms with E-state index in [2.05, 4.69) is 17.2 Å². The van der Waals surface area contributed by atoms with Crippen LogP contribution in [0.3, 0.4) is 0 Å².